The fourth-order valence-electron chi connectivity index (χ4n) is 2.97. The fraction of sp³-hybridized carbons (Fsp3) is 0.625. The van der Waals surface area contributed by atoms with Crippen LogP contribution in [0.15, 0.2) is 30.3 Å². The van der Waals surface area contributed by atoms with Gasteiger partial charge >= 0.3 is 0 Å². The Kier molecular flexibility index (Phi) is 4.61. The zero-order valence-corrected chi connectivity index (χ0v) is 12.2. The number of nitrogens with zero attached hydrogens (tertiary/aromatic N) is 1. The van der Waals surface area contributed by atoms with E-state index in [-0.39, 0.29) is 11.6 Å². The minimum atomic E-state index is -0.441. The van der Waals surface area contributed by atoms with Gasteiger partial charge in [0.1, 0.15) is 0 Å². The first-order chi connectivity index (χ1) is 9.06. The Morgan fingerprint density at radius 3 is 2.58 bits per heavy atom. The third kappa shape index (κ3) is 3.16. The van der Waals surface area contributed by atoms with Crippen LogP contribution in [-0.2, 0) is 4.74 Å². The average Bonchev–Trinajstić information content (AvgIpc) is 2.42. The lowest BCUT2D eigenvalue weighted by molar-refractivity contribution is -0.0979. The fourth-order valence-corrected chi connectivity index (χ4v) is 2.97. The van der Waals surface area contributed by atoms with Crippen LogP contribution in [0.4, 0.5) is 0 Å². The van der Waals surface area contributed by atoms with Crippen molar-refractivity contribution in [2.45, 2.75) is 44.9 Å². The minimum Gasteiger partial charge on any atom is -0.387 e. The van der Waals surface area contributed by atoms with E-state index in [0.29, 0.717) is 0 Å². The summed E-state index contributed by atoms with van der Waals surface area (Å²) in [6.07, 6.45) is 0.489. The summed E-state index contributed by atoms with van der Waals surface area (Å²) in [5, 5.41) is 10.7. The second-order valence-electron chi connectivity index (χ2n) is 5.89. The molecular formula is C16H25NO2. The van der Waals surface area contributed by atoms with E-state index in [4.69, 9.17) is 4.74 Å². The summed E-state index contributed by atoms with van der Waals surface area (Å²) in [5.74, 6) is 0. The number of benzene rings is 1. The number of hydrogen-bond acceptors (Lipinski definition) is 3. The summed E-state index contributed by atoms with van der Waals surface area (Å²) in [5.41, 5.74) is 0.978. The Labute approximate surface area is 116 Å². The maximum atomic E-state index is 10.7. The molecule has 0 spiro atoms. The van der Waals surface area contributed by atoms with Crippen molar-refractivity contribution in [1.29, 1.82) is 0 Å². The van der Waals surface area contributed by atoms with Crippen molar-refractivity contribution in [2.75, 3.05) is 19.8 Å². The summed E-state index contributed by atoms with van der Waals surface area (Å²) in [6.45, 7) is 8.88. The van der Waals surface area contributed by atoms with E-state index in [1.807, 2.05) is 30.3 Å². The SMILES string of the molecule is CCC(C(O)c1ccccc1)N1CCOCC1(C)C. The molecule has 106 valence electrons. The van der Waals surface area contributed by atoms with Gasteiger partial charge < -0.3 is 9.84 Å². The number of morpholine rings is 1. The van der Waals surface area contributed by atoms with E-state index in [2.05, 4.69) is 25.7 Å². The Morgan fingerprint density at radius 2 is 2.00 bits per heavy atom. The first-order valence-corrected chi connectivity index (χ1v) is 7.14. The highest BCUT2D eigenvalue weighted by Crippen LogP contribution is 2.30. The number of rotatable bonds is 4. The van der Waals surface area contributed by atoms with Gasteiger partial charge in [-0.15, -0.1) is 0 Å². The maximum Gasteiger partial charge on any atom is 0.0945 e. The van der Waals surface area contributed by atoms with E-state index in [9.17, 15) is 5.11 Å². The molecular weight excluding hydrogens is 238 g/mol. The monoisotopic (exact) mass is 263 g/mol. The molecule has 2 atom stereocenters. The first-order valence-electron chi connectivity index (χ1n) is 7.14. The third-order valence-corrected chi connectivity index (χ3v) is 4.03. The molecule has 0 radical (unpaired) electrons. The van der Waals surface area contributed by atoms with E-state index in [1.165, 1.54) is 0 Å². The molecule has 3 nitrogen and oxygen atoms in total. The summed E-state index contributed by atoms with van der Waals surface area (Å²) in [7, 11) is 0. The van der Waals surface area contributed by atoms with Gasteiger partial charge in [0.25, 0.3) is 0 Å². The van der Waals surface area contributed by atoms with Gasteiger partial charge in [-0.25, -0.2) is 0 Å². The Morgan fingerprint density at radius 1 is 1.32 bits per heavy atom. The molecule has 0 saturated carbocycles. The maximum absolute atomic E-state index is 10.7. The molecule has 19 heavy (non-hydrogen) atoms. The highest BCUT2D eigenvalue weighted by Gasteiger charge is 2.37. The normalized spacial score (nSPS) is 22.9. The second-order valence-corrected chi connectivity index (χ2v) is 5.89. The van der Waals surface area contributed by atoms with E-state index in [0.717, 1.165) is 31.7 Å². The molecule has 1 heterocycles. The van der Waals surface area contributed by atoms with Gasteiger partial charge in [-0.1, -0.05) is 37.3 Å². The Hall–Kier alpha value is -0.900. The Bertz CT molecular complexity index is 391. The molecule has 1 aliphatic heterocycles. The van der Waals surface area contributed by atoms with Crippen LogP contribution in [0.1, 0.15) is 38.9 Å². The zero-order valence-electron chi connectivity index (χ0n) is 12.2. The van der Waals surface area contributed by atoms with E-state index >= 15 is 0 Å². The van der Waals surface area contributed by atoms with Crippen LogP contribution in [0.25, 0.3) is 0 Å². The molecule has 0 aromatic heterocycles. The minimum absolute atomic E-state index is 0.0192. The molecule has 1 fully saturated rings. The largest absolute Gasteiger partial charge is 0.387 e. The van der Waals surface area contributed by atoms with Crippen molar-refractivity contribution >= 4 is 0 Å². The van der Waals surface area contributed by atoms with Crippen molar-refractivity contribution in [1.82, 2.24) is 4.90 Å². The van der Waals surface area contributed by atoms with Gasteiger partial charge in [-0.3, -0.25) is 4.90 Å². The topological polar surface area (TPSA) is 32.7 Å². The van der Waals surface area contributed by atoms with Crippen molar-refractivity contribution in [3.8, 4) is 0 Å². The van der Waals surface area contributed by atoms with E-state index in [1.54, 1.807) is 0 Å². The van der Waals surface area contributed by atoms with Crippen molar-refractivity contribution in [2.24, 2.45) is 0 Å². The van der Waals surface area contributed by atoms with Crippen LogP contribution in [0.2, 0.25) is 0 Å². The van der Waals surface area contributed by atoms with Crippen molar-refractivity contribution < 1.29 is 9.84 Å². The lowest BCUT2D eigenvalue weighted by atomic mass is 9.92. The second kappa shape index (κ2) is 6.04. The molecule has 1 aromatic carbocycles. The highest BCUT2D eigenvalue weighted by atomic mass is 16.5. The highest BCUT2D eigenvalue weighted by molar-refractivity contribution is 5.19. The van der Waals surface area contributed by atoms with Crippen molar-refractivity contribution in [3.05, 3.63) is 35.9 Å². The van der Waals surface area contributed by atoms with Crippen molar-refractivity contribution in [3.63, 3.8) is 0 Å². The van der Waals surface area contributed by atoms with Gasteiger partial charge in [0.2, 0.25) is 0 Å². The van der Waals surface area contributed by atoms with Crippen LogP contribution in [0.5, 0.6) is 0 Å². The number of aliphatic hydroxyl groups is 1. The van der Waals surface area contributed by atoms with E-state index < -0.39 is 6.10 Å². The molecule has 1 aliphatic rings. The molecule has 0 amide bonds. The summed E-state index contributed by atoms with van der Waals surface area (Å²) < 4.78 is 5.57. The van der Waals surface area contributed by atoms with Crippen LogP contribution in [0, 0.1) is 0 Å². The summed E-state index contributed by atoms with van der Waals surface area (Å²) >= 11 is 0. The lowest BCUT2D eigenvalue weighted by Gasteiger charge is -2.47. The standard InChI is InChI=1S/C16H25NO2/c1-4-14(15(18)13-8-6-5-7-9-13)17-10-11-19-12-16(17,2)3/h5-9,14-15,18H,4,10-12H2,1-3H3. The van der Waals surface area contributed by atoms with Crippen LogP contribution >= 0.6 is 0 Å². The third-order valence-electron chi connectivity index (χ3n) is 4.03. The molecule has 0 aliphatic carbocycles. The van der Waals surface area contributed by atoms with Crippen LogP contribution < -0.4 is 0 Å². The lowest BCUT2D eigenvalue weighted by Crippen LogP contribution is -2.58. The number of hydrogen-bond donors (Lipinski definition) is 1. The summed E-state index contributed by atoms with van der Waals surface area (Å²) in [4.78, 5) is 2.40. The molecule has 1 aromatic rings. The number of aliphatic hydroxyl groups excluding tert-OH is 1. The predicted octanol–water partition coefficient (Wildman–Crippen LogP) is 2.61. The molecule has 0 bridgehead atoms. The van der Waals surface area contributed by atoms with Gasteiger partial charge in [-0.05, 0) is 25.8 Å². The summed E-state index contributed by atoms with van der Waals surface area (Å²) in [6, 6.07) is 10.1. The van der Waals surface area contributed by atoms with Crippen LogP contribution in [0.3, 0.4) is 0 Å². The van der Waals surface area contributed by atoms with Gasteiger partial charge in [0.15, 0.2) is 0 Å². The molecule has 1 saturated heterocycles. The quantitative estimate of drug-likeness (QED) is 0.906. The zero-order chi connectivity index (χ0) is 13.9. The molecule has 2 unspecified atom stereocenters. The predicted molar refractivity (Wildman–Crippen MR) is 77.1 cm³/mol. The molecule has 3 heteroatoms. The van der Waals surface area contributed by atoms with Gasteiger partial charge in [0, 0.05) is 18.1 Å². The smallest absolute Gasteiger partial charge is 0.0945 e. The van der Waals surface area contributed by atoms with Crippen LogP contribution in [-0.4, -0.2) is 41.3 Å². The van der Waals surface area contributed by atoms with Gasteiger partial charge in [-0.2, -0.15) is 0 Å². The van der Waals surface area contributed by atoms with Gasteiger partial charge in [0.05, 0.1) is 19.3 Å². The molecule has 1 N–H and O–H groups in total. The number of ether oxygens (including phenoxy) is 1. The molecule has 2 rings (SSSR count). The Balaban J connectivity index is 2.19. The first kappa shape index (κ1) is 14.5. The average molecular weight is 263 g/mol.